The maximum Gasteiger partial charge on any atom is 0.175 e. The monoisotopic (exact) mass is 373 g/mol. The van der Waals surface area contributed by atoms with E-state index < -0.39 is 9.84 Å². The lowest BCUT2D eigenvalue weighted by Crippen LogP contribution is -2.28. The summed E-state index contributed by atoms with van der Waals surface area (Å²) in [5.41, 5.74) is 1.88. The molecule has 0 bridgehead atoms. The van der Waals surface area contributed by atoms with Crippen LogP contribution in [0.5, 0.6) is 0 Å². The van der Waals surface area contributed by atoms with Crippen molar-refractivity contribution in [3.05, 3.63) is 30.6 Å². The van der Waals surface area contributed by atoms with Gasteiger partial charge in [-0.15, -0.1) is 0 Å². The first-order valence-electron chi connectivity index (χ1n) is 8.36. The number of nitrogens with zero attached hydrogens (tertiary/aromatic N) is 3. The average molecular weight is 373 g/mol. The molecule has 0 atom stereocenters. The number of rotatable bonds is 4. The second kappa shape index (κ2) is 6.65. The van der Waals surface area contributed by atoms with E-state index in [2.05, 4.69) is 25.5 Å². The van der Waals surface area contributed by atoms with Crippen LogP contribution in [0.4, 0.5) is 5.82 Å². The van der Waals surface area contributed by atoms with Gasteiger partial charge in [-0.25, -0.2) is 13.4 Å². The van der Waals surface area contributed by atoms with Crippen LogP contribution in [0.15, 0.2) is 35.5 Å². The molecule has 3 aromatic heterocycles. The summed E-state index contributed by atoms with van der Waals surface area (Å²) in [5, 5.41) is 11.6. The van der Waals surface area contributed by atoms with Crippen LogP contribution >= 0.6 is 0 Å². The number of anilines is 1. The number of hydrogen-bond donors (Lipinski definition) is 2. The first-order chi connectivity index (χ1) is 12.5. The van der Waals surface area contributed by atoms with Gasteiger partial charge < -0.3 is 10.1 Å². The van der Waals surface area contributed by atoms with Gasteiger partial charge in [0, 0.05) is 37.9 Å². The Balaban J connectivity index is 1.79. The van der Waals surface area contributed by atoms with E-state index in [-0.39, 0.29) is 10.9 Å². The third-order valence-electron chi connectivity index (χ3n) is 4.44. The predicted octanol–water partition coefficient (Wildman–Crippen LogP) is 2.01. The second-order valence-electron chi connectivity index (χ2n) is 6.33. The first-order valence-corrected chi connectivity index (χ1v) is 10.3. The van der Waals surface area contributed by atoms with E-state index in [1.54, 1.807) is 6.20 Å². The minimum absolute atomic E-state index is 0.210. The third kappa shape index (κ3) is 3.27. The maximum absolute atomic E-state index is 11.9. The number of pyridine rings is 2. The molecule has 0 aliphatic carbocycles. The number of aromatic nitrogens is 4. The van der Waals surface area contributed by atoms with Gasteiger partial charge in [0.1, 0.15) is 11.5 Å². The molecule has 4 heterocycles. The number of hydrogen-bond acceptors (Lipinski definition) is 7. The van der Waals surface area contributed by atoms with Crippen molar-refractivity contribution < 1.29 is 13.2 Å². The molecule has 4 rings (SSSR count). The van der Waals surface area contributed by atoms with E-state index in [1.807, 2.05) is 6.07 Å². The van der Waals surface area contributed by atoms with Gasteiger partial charge in [0.2, 0.25) is 0 Å². The third-order valence-corrected chi connectivity index (χ3v) is 5.55. The van der Waals surface area contributed by atoms with Gasteiger partial charge in [0.05, 0.1) is 21.5 Å². The highest BCUT2D eigenvalue weighted by molar-refractivity contribution is 7.90. The molecule has 0 aromatic carbocycles. The zero-order valence-electron chi connectivity index (χ0n) is 14.3. The molecule has 8 nitrogen and oxygen atoms in total. The summed E-state index contributed by atoms with van der Waals surface area (Å²) >= 11 is 0. The molecule has 0 amide bonds. The van der Waals surface area contributed by atoms with Crippen LogP contribution in [-0.4, -0.2) is 54.1 Å². The highest BCUT2D eigenvalue weighted by atomic mass is 32.2. The van der Waals surface area contributed by atoms with Gasteiger partial charge in [-0.1, -0.05) is 0 Å². The Bertz CT molecular complexity index is 1040. The van der Waals surface area contributed by atoms with Crippen molar-refractivity contribution in [2.45, 2.75) is 23.8 Å². The zero-order chi connectivity index (χ0) is 18.1. The Hall–Kier alpha value is -2.52. The Kier molecular flexibility index (Phi) is 4.33. The van der Waals surface area contributed by atoms with E-state index in [4.69, 9.17) is 4.74 Å². The summed E-state index contributed by atoms with van der Waals surface area (Å²) in [6, 6.07) is 5.13. The SMILES string of the molecule is CS(=O)(=O)c1ccnc(-c2n[nH]c3ccnc(NC4CCOCC4)c23)c1. The average Bonchev–Trinajstić information content (AvgIpc) is 3.07. The van der Waals surface area contributed by atoms with Crippen molar-refractivity contribution in [3.8, 4) is 11.4 Å². The van der Waals surface area contributed by atoms with Crippen molar-refractivity contribution in [3.63, 3.8) is 0 Å². The molecule has 0 spiro atoms. The molecule has 0 radical (unpaired) electrons. The molecule has 1 saturated heterocycles. The van der Waals surface area contributed by atoms with Crippen molar-refractivity contribution >= 4 is 26.6 Å². The smallest absolute Gasteiger partial charge is 0.175 e. The lowest BCUT2D eigenvalue weighted by Gasteiger charge is -2.23. The molecule has 3 aromatic rings. The quantitative estimate of drug-likeness (QED) is 0.720. The van der Waals surface area contributed by atoms with Crippen LogP contribution in [0, 0.1) is 0 Å². The number of H-pyrrole nitrogens is 1. The predicted molar refractivity (Wildman–Crippen MR) is 97.7 cm³/mol. The van der Waals surface area contributed by atoms with Crippen molar-refractivity contribution in [1.29, 1.82) is 0 Å². The van der Waals surface area contributed by atoms with Gasteiger partial charge in [0.15, 0.2) is 9.84 Å². The largest absolute Gasteiger partial charge is 0.381 e. The molecular weight excluding hydrogens is 354 g/mol. The van der Waals surface area contributed by atoms with Crippen molar-refractivity contribution in [1.82, 2.24) is 20.2 Å². The summed E-state index contributed by atoms with van der Waals surface area (Å²) in [6.07, 6.45) is 6.19. The molecule has 1 fully saturated rings. The van der Waals surface area contributed by atoms with E-state index in [0.717, 1.165) is 37.0 Å². The fourth-order valence-corrected chi connectivity index (χ4v) is 3.70. The summed E-state index contributed by atoms with van der Waals surface area (Å²) in [6.45, 7) is 1.45. The number of ether oxygens (including phenoxy) is 1. The van der Waals surface area contributed by atoms with Crippen molar-refractivity contribution in [2.24, 2.45) is 0 Å². The van der Waals surface area contributed by atoms with E-state index in [9.17, 15) is 8.42 Å². The van der Waals surface area contributed by atoms with Crippen LogP contribution in [0.2, 0.25) is 0 Å². The summed E-state index contributed by atoms with van der Waals surface area (Å²) < 4.78 is 29.1. The van der Waals surface area contributed by atoms with E-state index in [0.29, 0.717) is 17.2 Å². The fraction of sp³-hybridized carbons (Fsp3) is 0.353. The lowest BCUT2D eigenvalue weighted by atomic mass is 10.1. The van der Waals surface area contributed by atoms with Gasteiger partial charge >= 0.3 is 0 Å². The molecule has 136 valence electrons. The molecular formula is C17H19N5O3S. The Morgan fingerprint density at radius 3 is 2.73 bits per heavy atom. The normalized spacial score (nSPS) is 16.0. The summed E-state index contributed by atoms with van der Waals surface area (Å²) in [7, 11) is -3.33. The molecule has 1 aliphatic heterocycles. The zero-order valence-corrected chi connectivity index (χ0v) is 15.1. The highest BCUT2D eigenvalue weighted by Gasteiger charge is 2.20. The maximum atomic E-state index is 11.9. The number of nitrogens with one attached hydrogen (secondary N) is 2. The van der Waals surface area contributed by atoms with Gasteiger partial charge in [-0.3, -0.25) is 10.1 Å². The first kappa shape index (κ1) is 16.9. The van der Waals surface area contributed by atoms with Crippen molar-refractivity contribution in [2.75, 3.05) is 24.8 Å². The fourth-order valence-electron chi connectivity index (χ4n) is 3.07. The molecule has 0 saturated carbocycles. The molecule has 2 N–H and O–H groups in total. The standard InChI is InChI=1S/C17H19N5O3S/c1-26(23,24)12-2-6-18-14(10-12)16-15-13(21-22-16)3-7-19-17(15)20-11-4-8-25-9-5-11/h2-3,6-7,10-11H,4-5,8-9H2,1H3,(H,19,20)(H,21,22). The van der Waals surface area contributed by atoms with E-state index in [1.165, 1.54) is 24.6 Å². The van der Waals surface area contributed by atoms with Gasteiger partial charge in [0.25, 0.3) is 0 Å². The minimum atomic E-state index is -3.33. The molecule has 1 aliphatic rings. The second-order valence-corrected chi connectivity index (χ2v) is 8.35. The van der Waals surface area contributed by atoms with Crippen LogP contribution < -0.4 is 5.32 Å². The topological polar surface area (TPSA) is 110 Å². The number of aromatic amines is 1. The molecule has 9 heteroatoms. The Morgan fingerprint density at radius 1 is 1.19 bits per heavy atom. The molecule has 26 heavy (non-hydrogen) atoms. The van der Waals surface area contributed by atoms with Crippen LogP contribution in [0.3, 0.4) is 0 Å². The van der Waals surface area contributed by atoms with Gasteiger partial charge in [-0.05, 0) is 31.0 Å². The Labute approximate surface area is 150 Å². The van der Waals surface area contributed by atoms with Crippen LogP contribution in [-0.2, 0) is 14.6 Å². The van der Waals surface area contributed by atoms with E-state index >= 15 is 0 Å². The highest BCUT2D eigenvalue weighted by Crippen LogP contribution is 2.31. The molecule has 0 unspecified atom stereocenters. The summed E-state index contributed by atoms with van der Waals surface area (Å²) in [5.74, 6) is 0.713. The minimum Gasteiger partial charge on any atom is -0.381 e. The lowest BCUT2D eigenvalue weighted by molar-refractivity contribution is 0.0904. The number of fused-ring (bicyclic) bond motifs is 1. The summed E-state index contributed by atoms with van der Waals surface area (Å²) in [4.78, 5) is 8.99. The van der Waals surface area contributed by atoms with Gasteiger partial charge in [-0.2, -0.15) is 5.10 Å². The number of sulfone groups is 1. The Morgan fingerprint density at radius 2 is 1.96 bits per heavy atom. The van der Waals surface area contributed by atoms with Crippen LogP contribution in [0.25, 0.3) is 22.3 Å². The van der Waals surface area contributed by atoms with Crippen LogP contribution in [0.1, 0.15) is 12.8 Å².